The predicted molar refractivity (Wildman–Crippen MR) is 83.3 cm³/mol. The number of nitrogens with one attached hydrogen (secondary N) is 1. The molecule has 2 aromatic rings. The van der Waals surface area contributed by atoms with Crippen molar-refractivity contribution in [3.8, 4) is 11.5 Å². The van der Waals surface area contributed by atoms with Crippen LogP contribution in [0.3, 0.4) is 0 Å². The minimum Gasteiger partial charge on any atom is -0.497 e. The van der Waals surface area contributed by atoms with Crippen molar-refractivity contribution in [2.45, 2.75) is 12.3 Å². The van der Waals surface area contributed by atoms with Crippen LogP contribution in [-0.2, 0) is 4.79 Å². The summed E-state index contributed by atoms with van der Waals surface area (Å²) in [4.78, 5) is 13.6. The largest absolute Gasteiger partial charge is 0.497 e. The highest BCUT2D eigenvalue weighted by molar-refractivity contribution is 7.10. The molecule has 4 nitrogen and oxygen atoms in total. The van der Waals surface area contributed by atoms with Crippen molar-refractivity contribution in [2.24, 2.45) is 5.92 Å². The summed E-state index contributed by atoms with van der Waals surface area (Å²) in [6, 6.07) is 9.50. The lowest BCUT2D eigenvalue weighted by atomic mass is 10.2. The van der Waals surface area contributed by atoms with Crippen molar-refractivity contribution >= 4 is 22.9 Å². The third-order valence-electron chi connectivity index (χ3n) is 3.70. The maximum Gasteiger partial charge on any atom is 0.228 e. The van der Waals surface area contributed by atoms with Gasteiger partial charge < -0.3 is 14.8 Å². The lowest BCUT2D eigenvalue weighted by molar-refractivity contribution is -0.117. The summed E-state index contributed by atoms with van der Waals surface area (Å²) in [5, 5.41) is 5.00. The zero-order valence-electron chi connectivity index (χ0n) is 12.0. The number of rotatable bonds is 5. The molecule has 1 fully saturated rings. The molecular weight excluding hydrogens is 286 g/mol. The van der Waals surface area contributed by atoms with Gasteiger partial charge in [0, 0.05) is 22.8 Å². The number of amides is 1. The summed E-state index contributed by atoms with van der Waals surface area (Å²) in [6.07, 6.45) is 0.921. The van der Waals surface area contributed by atoms with Crippen LogP contribution < -0.4 is 14.8 Å². The molecule has 1 heterocycles. The maximum atomic E-state index is 12.3. The normalized spacial score (nSPS) is 19.9. The Kier molecular flexibility index (Phi) is 3.84. The number of carbonyl (C=O) groups excluding carboxylic acids is 1. The topological polar surface area (TPSA) is 47.6 Å². The minimum absolute atomic E-state index is 0.0527. The first kappa shape index (κ1) is 13.9. The molecule has 0 spiro atoms. The second-order valence-electron chi connectivity index (χ2n) is 5.02. The second-order valence-corrected chi connectivity index (χ2v) is 6.00. The first-order valence-corrected chi connectivity index (χ1v) is 7.67. The molecule has 21 heavy (non-hydrogen) atoms. The van der Waals surface area contributed by atoms with Crippen molar-refractivity contribution in [1.82, 2.24) is 0 Å². The van der Waals surface area contributed by atoms with Crippen LogP contribution in [-0.4, -0.2) is 20.1 Å². The van der Waals surface area contributed by atoms with E-state index in [1.165, 1.54) is 4.88 Å². The molecule has 0 bridgehead atoms. The fourth-order valence-electron chi connectivity index (χ4n) is 2.43. The van der Waals surface area contributed by atoms with Crippen LogP contribution in [0, 0.1) is 5.92 Å². The van der Waals surface area contributed by atoms with Crippen molar-refractivity contribution in [3.05, 3.63) is 40.6 Å². The number of benzene rings is 1. The molecule has 2 atom stereocenters. The lowest BCUT2D eigenvalue weighted by Gasteiger charge is -2.11. The maximum absolute atomic E-state index is 12.3. The van der Waals surface area contributed by atoms with Crippen LogP contribution in [0.25, 0.3) is 0 Å². The summed E-state index contributed by atoms with van der Waals surface area (Å²) in [5.41, 5.74) is 0.681. The van der Waals surface area contributed by atoms with E-state index in [9.17, 15) is 4.79 Å². The first-order chi connectivity index (χ1) is 10.2. The van der Waals surface area contributed by atoms with E-state index in [1.54, 1.807) is 37.7 Å². The highest BCUT2D eigenvalue weighted by Crippen LogP contribution is 2.49. The van der Waals surface area contributed by atoms with Gasteiger partial charge in [-0.1, -0.05) is 6.07 Å². The van der Waals surface area contributed by atoms with E-state index in [4.69, 9.17) is 9.47 Å². The van der Waals surface area contributed by atoms with E-state index in [2.05, 4.69) is 16.8 Å². The number of thiophene rings is 1. The number of methoxy groups -OCH3 is 2. The molecule has 1 aromatic heterocycles. The Morgan fingerprint density at radius 3 is 2.81 bits per heavy atom. The lowest BCUT2D eigenvalue weighted by Crippen LogP contribution is -2.15. The Bertz CT molecular complexity index is 639. The number of hydrogen-bond acceptors (Lipinski definition) is 4. The molecule has 1 aliphatic rings. The molecule has 1 amide bonds. The molecule has 1 aromatic carbocycles. The minimum atomic E-state index is 0.0527. The quantitative estimate of drug-likeness (QED) is 0.919. The summed E-state index contributed by atoms with van der Waals surface area (Å²) < 4.78 is 10.4. The standard InChI is InChI=1S/C16H17NO3S/c1-19-10-5-6-13(14(8-10)20-2)17-16(18)12-9-11(12)15-4-3-7-21-15/h3-8,11-12H,9H2,1-2H3,(H,17,18). The molecule has 1 N–H and O–H groups in total. The van der Waals surface area contributed by atoms with Crippen molar-refractivity contribution in [1.29, 1.82) is 0 Å². The van der Waals surface area contributed by atoms with E-state index in [0.717, 1.165) is 6.42 Å². The Labute approximate surface area is 127 Å². The molecule has 0 saturated heterocycles. The molecular formula is C16H17NO3S. The van der Waals surface area contributed by atoms with Crippen LogP contribution in [0.4, 0.5) is 5.69 Å². The highest BCUT2D eigenvalue weighted by atomic mass is 32.1. The predicted octanol–water partition coefficient (Wildman–Crippen LogP) is 3.51. The molecule has 1 saturated carbocycles. The zero-order chi connectivity index (χ0) is 14.8. The summed E-state index contributed by atoms with van der Waals surface area (Å²) in [7, 11) is 3.18. The van der Waals surface area contributed by atoms with E-state index >= 15 is 0 Å². The molecule has 0 aliphatic heterocycles. The van der Waals surface area contributed by atoms with Crippen LogP contribution in [0.2, 0.25) is 0 Å². The highest BCUT2D eigenvalue weighted by Gasteiger charge is 2.44. The van der Waals surface area contributed by atoms with Crippen LogP contribution in [0.5, 0.6) is 11.5 Å². The molecule has 5 heteroatoms. The number of anilines is 1. The summed E-state index contributed by atoms with van der Waals surface area (Å²) in [6.45, 7) is 0. The number of hydrogen-bond donors (Lipinski definition) is 1. The van der Waals surface area contributed by atoms with Crippen LogP contribution in [0.1, 0.15) is 17.2 Å². The van der Waals surface area contributed by atoms with E-state index < -0.39 is 0 Å². The van der Waals surface area contributed by atoms with Gasteiger partial charge in [-0.3, -0.25) is 4.79 Å². The Hall–Kier alpha value is -2.01. The summed E-state index contributed by atoms with van der Waals surface area (Å²) >= 11 is 1.71. The van der Waals surface area contributed by atoms with Gasteiger partial charge in [0.2, 0.25) is 5.91 Å². The third-order valence-corrected chi connectivity index (χ3v) is 4.71. The fourth-order valence-corrected chi connectivity index (χ4v) is 3.34. The molecule has 1 aliphatic carbocycles. The Morgan fingerprint density at radius 2 is 2.14 bits per heavy atom. The van der Waals surface area contributed by atoms with Crippen LogP contribution in [0.15, 0.2) is 35.7 Å². The van der Waals surface area contributed by atoms with Gasteiger partial charge in [-0.2, -0.15) is 0 Å². The first-order valence-electron chi connectivity index (χ1n) is 6.79. The molecule has 2 unspecified atom stereocenters. The van der Waals surface area contributed by atoms with Crippen molar-refractivity contribution in [3.63, 3.8) is 0 Å². The average Bonchev–Trinajstić information content (AvgIpc) is 3.13. The number of carbonyl (C=O) groups is 1. The Morgan fingerprint density at radius 1 is 1.29 bits per heavy atom. The summed E-state index contributed by atoms with van der Waals surface area (Å²) in [5.74, 6) is 1.80. The Balaban J connectivity index is 1.68. The molecule has 3 rings (SSSR count). The van der Waals surface area contributed by atoms with Crippen molar-refractivity contribution < 1.29 is 14.3 Å². The third kappa shape index (κ3) is 2.88. The van der Waals surface area contributed by atoms with Gasteiger partial charge in [-0.05, 0) is 30.0 Å². The monoisotopic (exact) mass is 303 g/mol. The van der Waals surface area contributed by atoms with Crippen LogP contribution >= 0.6 is 11.3 Å². The van der Waals surface area contributed by atoms with Crippen molar-refractivity contribution in [2.75, 3.05) is 19.5 Å². The van der Waals surface area contributed by atoms with Gasteiger partial charge in [0.05, 0.1) is 19.9 Å². The smallest absolute Gasteiger partial charge is 0.228 e. The SMILES string of the molecule is COc1ccc(NC(=O)C2CC2c2cccs2)c(OC)c1. The second kappa shape index (κ2) is 5.77. The van der Waals surface area contributed by atoms with Gasteiger partial charge in [-0.25, -0.2) is 0 Å². The average molecular weight is 303 g/mol. The molecule has 110 valence electrons. The van der Waals surface area contributed by atoms with E-state index in [0.29, 0.717) is 23.1 Å². The van der Waals surface area contributed by atoms with Gasteiger partial charge in [0.25, 0.3) is 0 Å². The van der Waals surface area contributed by atoms with Gasteiger partial charge >= 0.3 is 0 Å². The molecule has 0 radical (unpaired) electrons. The van der Waals surface area contributed by atoms with Gasteiger partial charge in [0.1, 0.15) is 11.5 Å². The number of ether oxygens (including phenoxy) is 2. The van der Waals surface area contributed by atoms with Gasteiger partial charge in [-0.15, -0.1) is 11.3 Å². The van der Waals surface area contributed by atoms with E-state index in [1.807, 2.05) is 12.1 Å². The zero-order valence-corrected chi connectivity index (χ0v) is 12.8. The fraction of sp³-hybridized carbons (Fsp3) is 0.312. The van der Waals surface area contributed by atoms with E-state index in [-0.39, 0.29) is 11.8 Å². The van der Waals surface area contributed by atoms with Gasteiger partial charge in [0.15, 0.2) is 0 Å².